The second kappa shape index (κ2) is 14.1. The third-order valence-corrected chi connectivity index (χ3v) is 4.40. The predicted molar refractivity (Wildman–Crippen MR) is 117 cm³/mol. The normalized spacial score (nSPS) is 18.3. The molecule has 0 aromatic carbocycles. The Bertz CT molecular complexity index is 327. The van der Waals surface area contributed by atoms with Crippen LogP contribution in [0.1, 0.15) is 41.0 Å². The second-order valence-electron chi connectivity index (χ2n) is 7.17. The third kappa shape index (κ3) is 10.7. The summed E-state index contributed by atoms with van der Waals surface area (Å²) in [6.07, 6.45) is 1.18. The molecule has 1 atom stereocenters. The van der Waals surface area contributed by atoms with E-state index in [2.05, 4.69) is 55.1 Å². The van der Waals surface area contributed by atoms with Crippen LogP contribution in [-0.4, -0.2) is 74.7 Å². The first-order valence-electron chi connectivity index (χ1n) is 9.52. The maximum atomic E-state index is 4.76. The summed E-state index contributed by atoms with van der Waals surface area (Å²) in [6, 6.07) is 0. The highest BCUT2D eigenvalue weighted by Gasteiger charge is 2.17. The van der Waals surface area contributed by atoms with Crippen LogP contribution in [0, 0.1) is 11.8 Å². The number of rotatable bonds is 9. The minimum absolute atomic E-state index is 0. The molecule has 1 aliphatic heterocycles. The Kier molecular flexibility index (Phi) is 14.1. The molecule has 24 heavy (non-hydrogen) atoms. The van der Waals surface area contributed by atoms with E-state index in [-0.39, 0.29) is 24.0 Å². The Morgan fingerprint density at radius 3 is 2.17 bits per heavy atom. The molecular weight excluding hydrogens is 413 g/mol. The molecular formula is C18H40IN5. The quantitative estimate of drug-likeness (QED) is 0.320. The standard InChI is InChI=1S/C18H39N5.HI/c1-6-19-18(20-9-8-16(3)4)21-14-17(5)15-23-12-10-22(7-2)11-13-23;/h16-17H,6-15H2,1-5H3,(H2,19,20,21);1H. The SMILES string of the molecule is CCNC(=NCC(C)CN1CCN(CC)CC1)NCCC(C)C.I. The summed E-state index contributed by atoms with van der Waals surface area (Å²) < 4.78 is 0. The lowest BCUT2D eigenvalue weighted by atomic mass is 10.1. The van der Waals surface area contributed by atoms with Gasteiger partial charge in [-0.3, -0.25) is 4.99 Å². The van der Waals surface area contributed by atoms with Gasteiger partial charge in [-0.25, -0.2) is 0 Å². The molecule has 1 aliphatic rings. The highest BCUT2D eigenvalue weighted by molar-refractivity contribution is 14.0. The average molecular weight is 453 g/mol. The molecule has 0 amide bonds. The van der Waals surface area contributed by atoms with Gasteiger partial charge in [-0.1, -0.05) is 27.7 Å². The summed E-state index contributed by atoms with van der Waals surface area (Å²) in [5.41, 5.74) is 0. The largest absolute Gasteiger partial charge is 0.357 e. The van der Waals surface area contributed by atoms with Gasteiger partial charge in [-0.15, -0.1) is 24.0 Å². The topological polar surface area (TPSA) is 42.9 Å². The van der Waals surface area contributed by atoms with E-state index in [0.717, 1.165) is 38.1 Å². The van der Waals surface area contributed by atoms with Gasteiger partial charge in [0.1, 0.15) is 0 Å². The number of guanidine groups is 1. The maximum absolute atomic E-state index is 4.76. The Labute approximate surface area is 167 Å². The van der Waals surface area contributed by atoms with Crippen LogP contribution in [0.3, 0.4) is 0 Å². The lowest BCUT2D eigenvalue weighted by Gasteiger charge is -2.35. The van der Waals surface area contributed by atoms with Gasteiger partial charge in [-0.05, 0) is 31.7 Å². The molecule has 144 valence electrons. The molecule has 0 bridgehead atoms. The van der Waals surface area contributed by atoms with Crippen molar-refractivity contribution in [2.45, 2.75) is 41.0 Å². The number of nitrogens with zero attached hydrogens (tertiary/aromatic N) is 3. The van der Waals surface area contributed by atoms with Gasteiger partial charge < -0.3 is 20.4 Å². The Hall–Kier alpha value is -0.0800. The summed E-state index contributed by atoms with van der Waals surface area (Å²) in [4.78, 5) is 9.88. The number of hydrogen-bond donors (Lipinski definition) is 2. The summed E-state index contributed by atoms with van der Waals surface area (Å²) in [6.45, 7) is 21.2. The molecule has 0 aromatic rings. The van der Waals surface area contributed by atoms with Crippen molar-refractivity contribution in [1.29, 1.82) is 0 Å². The molecule has 0 spiro atoms. The van der Waals surface area contributed by atoms with Crippen LogP contribution in [-0.2, 0) is 0 Å². The van der Waals surface area contributed by atoms with Crippen molar-refractivity contribution in [2.75, 3.05) is 58.9 Å². The lowest BCUT2D eigenvalue weighted by molar-refractivity contribution is 0.125. The number of hydrogen-bond acceptors (Lipinski definition) is 3. The van der Waals surface area contributed by atoms with Gasteiger partial charge in [0.15, 0.2) is 5.96 Å². The van der Waals surface area contributed by atoms with E-state index in [9.17, 15) is 0 Å². The van der Waals surface area contributed by atoms with E-state index < -0.39 is 0 Å². The molecule has 0 aromatic heterocycles. The lowest BCUT2D eigenvalue weighted by Crippen LogP contribution is -2.47. The molecule has 5 nitrogen and oxygen atoms in total. The molecule has 0 aliphatic carbocycles. The summed E-state index contributed by atoms with van der Waals surface area (Å²) >= 11 is 0. The van der Waals surface area contributed by atoms with Crippen LogP contribution in [0.25, 0.3) is 0 Å². The van der Waals surface area contributed by atoms with Crippen LogP contribution < -0.4 is 10.6 Å². The van der Waals surface area contributed by atoms with Gasteiger partial charge in [0.25, 0.3) is 0 Å². The van der Waals surface area contributed by atoms with E-state index in [1.807, 2.05) is 0 Å². The van der Waals surface area contributed by atoms with E-state index in [1.165, 1.54) is 39.1 Å². The average Bonchev–Trinajstić information content (AvgIpc) is 2.53. The number of likely N-dealkylation sites (N-methyl/N-ethyl adjacent to an activating group) is 1. The van der Waals surface area contributed by atoms with Gasteiger partial charge in [0.2, 0.25) is 0 Å². The first-order chi connectivity index (χ1) is 11.0. The number of nitrogens with one attached hydrogen (secondary N) is 2. The zero-order valence-electron chi connectivity index (χ0n) is 16.5. The predicted octanol–water partition coefficient (Wildman–Crippen LogP) is 2.48. The van der Waals surface area contributed by atoms with Crippen molar-refractivity contribution < 1.29 is 0 Å². The minimum atomic E-state index is 0. The van der Waals surface area contributed by atoms with Crippen LogP contribution in [0.2, 0.25) is 0 Å². The molecule has 1 saturated heterocycles. The van der Waals surface area contributed by atoms with Crippen molar-refractivity contribution >= 4 is 29.9 Å². The van der Waals surface area contributed by atoms with E-state index in [4.69, 9.17) is 4.99 Å². The Morgan fingerprint density at radius 2 is 1.62 bits per heavy atom. The molecule has 1 fully saturated rings. The first kappa shape index (κ1) is 23.9. The van der Waals surface area contributed by atoms with Crippen molar-refractivity contribution in [2.24, 2.45) is 16.8 Å². The van der Waals surface area contributed by atoms with E-state index in [0.29, 0.717) is 5.92 Å². The number of aliphatic imine (C=N–C) groups is 1. The van der Waals surface area contributed by atoms with Crippen molar-refractivity contribution in [3.63, 3.8) is 0 Å². The van der Waals surface area contributed by atoms with E-state index >= 15 is 0 Å². The zero-order chi connectivity index (χ0) is 17.1. The molecule has 1 rings (SSSR count). The smallest absolute Gasteiger partial charge is 0.191 e. The third-order valence-electron chi connectivity index (χ3n) is 4.40. The van der Waals surface area contributed by atoms with E-state index in [1.54, 1.807) is 0 Å². The molecule has 0 radical (unpaired) electrons. The Balaban J connectivity index is 0.00000529. The van der Waals surface area contributed by atoms with Crippen molar-refractivity contribution in [3.05, 3.63) is 0 Å². The summed E-state index contributed by atoms with van der Waals surface area (Å²) in [7, 11) is 0. The molecule has 6 heteroatoms. The maximum Gasteiger partial charge on any atom is 0.191 e. The van der Waals surface area contributed by atoms with Crippen LogP contribution >= 0.6 is 24.0 Å². The summed E-state index contributed by atoms with van der Waals surface area (Å²) in [5, 5.41) is 6.79. The van der Waals surface area contributed by atoms with Crippen LogP contribution in [0.15, 0.2) is 4.99 Å². The fraction of sp³-hybridized carbons (Fsp3) is 0.944. The fourth-order valence-electron chi connectivity index (χ4n) is 2.85. The zero-order valence-corrected chi connectivity index (χ0v) is 18.8. The highest BCUT2D eigenvalue weighted by atomic mass is 127. The molecule has 1 heterocycles. The molecule has 1 unspecified atom stereocenters. The van der Waals surface area contributed by atoms with Crippen molar-refractivity contribution in [1.82, 2.24) is 20.4 Å². The van der Waals surface area contributed by atoms with Gasteiger partial charge in [0, 0.05) is 52.4 Å². The monoisotopic (exact) mass is 453 g/mol. The van der Waals surface area contributed by atoms with Crippen molar-refractivity contribution in [3.8, 4) is 0 Å². The van der Waals surface area contributed by atoms with Gasteiger partial charge >= 0.3 is 0 Å². The molecule has 2 N–H and O–H groups in total. The fourth-order valence-corrected chi connectivity index (χ4v) is 2.85. The Morgan fingerprint density at radius 1 is 1.00 bits per heavy atom. The van der Waals surface area contributed by atoms with Gasteiger partial charge in [0.05, 0.1) is 0 Å². The second-order valence-corrected chi connectivity index (χ2v) is 7.17. The number of piperazine rings is 1. The molecule has 0 saturated carbocycles. The van der Waals surface area contributed by atoms with Crippen LogP contribution in [0.4, 0.5) is 0 Å². The van der Waals surface area contributed by atoms with Gasteiger partial charge in [-0.2, -0.15) is 0 Å². The first-order valence-corrected chi connectivity index (χ1v) is 9.52. The minimum Gasteiger partial charge on any atom is -0.357 e. The highest BCUT2D eigenvalue weighted by Crippen LogP contribution is 2.06. The number of halogens is 1. The summed E-state index contributed by atoms with van der Waals surface area (Å²) in [5.74, 6) is 2.30. The van der Waals surface area contributed by atoms with Crippen LogP contribution in [0.5, 0.6) is 0 Å².